The molecule has 2 bridgehead atoms. The first-order valence-corrected chi connectivity index (χ1v) is 19.0. The Kier molecular flexibility index (Phi) is 10.8. The van der Waals surface area contributed by atoms with E-state index in [2.05, 4.69) is 20.4 Å². The summed E-state index contributed by atoms with van der Waals surface area (Å²) in [5, 5.41) is 48.8. The number of anilines is 1. The predicted octanol–water partition coefficient (Wildman–Crippen LogP) is -3.07. The fourth-order valence-electron chi connectivity index (χ4n) is 7.69. The molecule has 286 valence electrons. The van der Waals surface area contributed by atoms with Gasteiger partial charge in [0.15, 0.2) is 27.9 Å². The number of piperidine rings is 3. The number of β-lactam (4-membered cyclic amide) rings is 1. The summed E-state index contributed by atoms with van der Waals surface area (Å²) in [6.07, 6.45) is 3.82. The van der Waals surface area contributed by atoms with Gasteiger partial charge in [0.25, 0.3) is 17.4 Å². The number of oxime groups is 1. The Morgan fingerprint density at radius 2 is 1.82 bits per heavy atom. The first-order chi connectivity index (χ1) is 25.4. The Balaban J connectivity index is 0.00000514. The zero-order valence-electron chi connectivity index (χ0n) is 30.5. The van der Waals surface area contributed by atoms with E-state index in [0.29, 0.717) is 23.1 Å². The van der Waals surface area contributed by atoms with Crippen LogP contribution in [0.5, 0.6) is 11.5 Å². The monoisotopic (exact) mass is 805 g/mol. The first kappa shape index (κ1) is 40.5. The van der Waals surface area contributed by atoms with E-state index in [4.69, 9.17) is 10.6 Å². The number of aromatic hydroxyl groups is 2. The van der Waals surface area contributed by atoms with Crippen molar-refractivity contribution in [1.82, 2.24) is 24.8 Å². The molecular weight excluding hydrogens is 768 g/mol. The zero-order valence-corrected chi connectivity index (χ0v) is 34.1. The number of carbonyl (C=O) groups is 4. The number of aliphatic carboxylic acids is 2. The molecule has 7 heterocycles. The van der Waals surface area contributed by atoms with Crippen LogP contribution in [0.3, 0.4) is 0 Å². The number of rotatable bonds is 11. The Morgan fingerprint density at radius 1 is 1.16 bits per heavy atom. The summed E-state index contributed by atoms with van der Waals surface area (Å²) in [5.41, 5.74) is 3.77. The van der Waals surface area contributed by atoms with Gasteiger partial charge >= 0.3 is 35.5 Å². The number of carboxylic acids is 2. The summed E-state index contributed by atoms with van der Waals surface area (Å²) < 4.78 is 2.20. The van der Waals surface area contributed by atoms with Gasteiger partial charge in [0.1, 0.15) is 29.4 Å². The van der Waals surface area contributed by atoms with Crippen LogP contribution >= 0.6 is 23.1 Å². The third-order valence-corrected chi connectivity index (χ3v) is 13.2. The van der Waals surface area contributed by atoms with Crippen molar-refractivity contribution in [2.45, 2.75) is 68.8 Å². The molecule has 55 heavy (non-hydrogen) atoms. The van der Waals surface area contributed by atoms with Gasteiger partial charge in [-0.25, -0.2) is 14.8 Å². The molecule has 4 fully saturated rings. The van der Waals surface area contributed by atoms with Crippen LogP contribution in [0.4, 0.5) is 5.13 Å². The van der Waals surface area contributed by atoms with Crippen LogP contribution in [-0.2, 0) is 30.6 Å². The maximum atomic E-state index is 13.6. The third kappa shape index (κ3) is 7.30. The molecule has 2 amide bonds. The van der Waals surface area contributed by atoms with Crippen molar-refractivity contribution in [3.8, 4) is 11.5 Å². The fourth-order valence-corrected chi connectivity index (χ4v) is 9.68. The summed E-state index contributed by atoms with van der Waals surface area (Å²) >= 11 is 2.37. The third-order valence-electron chi connectivity index (χ3n) is 11.0. The van der Waals surface area contributed by atoms with Crippen molar-refractivity contribution in [2.24, 2.45) is 10.6 Å². The number of phenols is 2. The van der Waals surface area contributed by atoms with Crippen molar-refractivity contribution in [3.05, 3.63) is 51.2 Å². The van der Waals surface area contributed by atoms with Crippen LogP contribution in [-0.4, -0.2) is 117 Å². The number of nitrogens with one attached hydrogen (secondary N) is 1. The smallest absolute Gasteiger partial charge is 0.546 e. The van der Waals surface area contributed by atoms with Crippen molar-refractivity contribution in [1.29, 1.82) is 0 Å². The van der Waals surface area contributed by atoms with E-state index in [9.17, 15) is 44.4 Å². The van der Waals surface area contributed by atoms with E-state index in [-0.39, 0.29) is 79.0 Å². The maximum Gasteiger partial charge on any atom is 1.00 e. The number of nitrogens with zero attached hydrogens (tertiary/aromatic N) is 6. The number of hydrogen-bond donors (Lipinski definition) is 5. The van der Waals surface area contributed by atoms with Gasteiger partial charge in [-0.3, -0.25) is 23.9 Å². The van der Waals surface area contributed by atoms with E-state index < -0.39 is 52.2 Å². The molecule has 5 aliphatic heterocycles. The molecule has 5 aliphatic rings. The number of quaternary nitrogens is 1. The molecule has 1 aromatic carbocycles. The molecule has 21 heteroatoms. The van der Waals surface area contributed by atoms with Crippen LogP contribution in [0.2, 0.25) is 0 Å². The number of amides is 2. The van der Waals surface area contributed by atoms with Gasteiger partial charge in [-0.1, -0.05) is 5.16 Å². The Hall–Kier alpha value is -4.21. The van der Waals surface area contributed by atoms with Gasteiger partial charge < -0.3 is 45.6 Å². The van der Waals surface area contributed by atoms with Crippen LogP contribution in [0.25, 0.3) is 10.9 Å². The quantitative estimate of drug-likeness (QED) is 0.0322. The average Bonchev–Trinajstić information content (AvgIpc) is 3.56. The second kappa shape index (κ2) is 14.7. The number of carboxylic acid groups (broad SMARTS) is 2. The van der Waals surface area contributed by atoms with Crippen LogP contribution in [0, 0.1) is 5.41 Å². The van der Waals surface area contributed by atoms with E-state index >= 15 is 0 Å². The molecular formula is C34H38N8NaO10S2+. The number of hydrogen-bond acceptors (Lipinski definition) is 15. The van der Waals surface area contributed by atoms with Crippen molar-refractivity contribution < 1.29 is 78.5 Å². The molecule has 6 N–H and O–H groups in total. The second-order valence-corrected chi connectivity index (χ2v) is 17.2. The zero-order chi connectivity index (χ0) is 38.9. The van der Waals surface area contributed by atoms with Crippen molar-refractivity contribution in [3.63, 3.8) is 0 Å². The van der Waals surface area contributed by atoms with E-state index in [1.54, 1.807) is 4.57 Å². The Morgan fingerprint density at radius 3 is 2.42 bits per heavy atom. The van der Waals surface area contributed by atoms with Gasteiger partial charge in [0.2, 0.25) is 0 Å². The fraction of sp³-hybridized carbons (Fsp3) is 0.471. The molecule has 4 saturated heterocycles. The molecule has 0 spiro atoms. The summed E-state index contributed by atoms with van der Waals surface area (Å²) in [7, 11) is 0. The number of thioether (sulfide) groups is 1. The van der Waals surface area contributed by atoms with E-state index in [1.165, 1.54) is 54.3 Å². The SMILES string of the molecule is C[C@@H]1S[C@@H]2[C@H](NC(=O)/C(=N\OC(C)(C)C(=O)[O-])c3csc(N)n3)C(=O)N2C(C(=O)O)=C1C[N+]12CCC(Cn3cnc4cc(O)c(O)cc4c3=O)(CC1)CC2.[Na+]. The molecule has 18 nitrogen and oxygen atoms in total. The first-order valence-electron chi connectivity index (χ1n) is 17.1. The maximum absolute atomic E-state index is 13.6. The number of carbonyl (C=O) groups excluding carboxylic acids is 3. The molecule has 8 rings (SSSR count). The second-order valence-electron chi connectivity index (χ2n) is 14.9. The minimum atomic E-state index is -1.90. The summed E-state index contributed by atoms with van der Waals surface area (Å²) in [6, 6.07) is 1.37. The van der Waals surface area contributed by atoms with Crippen LogP contribution in [0.15, 0.2) is 45.1 Å². The molecule has 0 radical (unpaired) electrons. The minimum Gasteiger partial charge on any atom is -0.546 e. The van der Waals surface area contributed by atoms with Gasteiger partial charge in [-0.05, 0) is 26.8 Å². The van der Waals surface area contributed by atoms with Crippen molar-refractivity contribution in [2.75, 3.05) is 31.9 Å². The van der Waals surface area contributed by atoms with E-state index in [1.807, 2.05) is 6.92 Å². The normalized spacial score (nSPS) is 26.2. The number of benzene rings is 1. The van der Waals surface area contributed by atoms with Crippen LogP contribution in [0.1, 0.15) is 45.7 Å². The predicted molar refractivity (Wildman–Crippen MR) is 193 cm³/mol. The molecule has 0 aliphatic carbocycles. The minimum absolute atomic E-state index is 0. The number of aromatic nitrogens is 3. The number of thiazole rings is 1. The number of nitrogen functional groups attached to an aromatic ring is 1. The largest absolute Gasteiger partial charge is 1.00 e. The van der Waals surface area contributed by atoms with E-state index in [0.717, 1.165) is 50.2 Å². The molecule has 0 unspecified atom stereocenters. The van der Waals surface area contributed by atoms with Crippen molar-refractivity contribution >= 4 is 68.6 Å². The molecule has 2 aromatic heterocycles. The molecule has 3 atom stereocenters. The Bertz CT molecular complexity index is 2210. The van der Waals surface area contributed by atoms with Gasteiger partial charge in [-0.15, -0.1) is 23.1 Å². The summed E-state index contributed by atoms with van der Waals surface area (Å²) in [5.74, 6) is -5.09. The Labute approximate surface area is 343 Å². The number of nitrogens with two attached hydrogens (primary N) is 1. The average molecular weight is 806 g/mol. The standard InChI is InChI=1S/C34H38N8O10S2.Na/c1-16-18(12-42-7-4-34(5-8-42,6-9-42)14-40-15-36-19-11-22(44)21(43)10-17(19)27(40)46)25(30(48)49)41-28(47)24(29(41)54-16)38-26(45)23(20-13-53-32(35)37-20)39-52-33(2,3)31(50)51;/h10-11,13,15-16,24,29H,4-9,12,14H2,1-3H3,(H6-,35,37,38,39,43,44,45,46,48,49,50,51);/q;+1/t16-,24+,29+,34?,42?;/m0./s1. The molecule has 0 saturated carbocycles. The van der Waals surface area contributed by atoms with Gasteiger partial charge in [0.05, 0.1) is 42.8 Å². The summed E-state index contributed by atoms with van der Waals surface area (Å²) in [6.45, 7) is 7.35. The number of fused-ring (bicyclic) bond motifs is 5. The van der Waals surface area contributed by atoms with Gasteiger partial charge in [-0.2, -0.15) is 0 Å². The topological polar surface area (TPSA) is 263 Å². The number of phenolic OH excluding ortho intramolecular Hbond substituents is 2. The van der Waals surface area contributed by atoms with Gasteiger partial charge in [0, 0.05) is 53.5 Å². The molecule has 3 aromatic rings. The summed E-state index contributed by atoms with van der Waals surface area (Å²) in [4.78, 5) is 79.5. The van der Waals surface area contributed by atoms with Crippen LogP contribution < -0.4 is 51.3 Å².